The maximum atomic E-state index is 13.9. The second-order valence-electron chi connectivity index (χ2n) is 10.2. The Bertz CT molecular complexity index is 1170. The van der Waals surface area contributed by atoms with Crippen molar-refractivity contribution < 1.29 is 23.0 Å². The van der Waals surface area contributed by atoms with Gasteiger partial charge in [0, 0.05) is 45.5 Å². The molecule has 2 atom stereocenters. The quantitative estimate of drug-likeness (QED) is 0.451. The molecule has 3 aliphatic rings. The number of amides is 1. The molecule has 0 saturated carbocycles. The lowest BCUT2D eigenvalue weighted by molar-refractivity contribution is -0.133. The molecule has 5 heterocycles. The van der Waals surface area contributed by atoms with Crippen molar-refractivity contribution in [3.05, 3.63) is 11.9 Å². The summed E-state index contributed by atoms with van der Waals surface area (Å²) in [5.74, 6) is 0.540. The number of carbonyl (C=O) groups excluding carboxylic acids is 1. The Balaban J connectivity index is 0.00000387. The van der Waals surface area contributed by atoms with Crippen molar-refractivity contribution in [3.8, 4) is 11.4 Å². The molecule has 2 unspecified atom stereocenters. The van der Waals surface area contributed by atoms with Crippen LogP contribution in [0.5, 0.6) is 0 Å². The normalized spacial score (nSPS) is 21.6. The van der Waals surface area contributed by atoms with E-state index >= 15 is 0 Å². The SMILES string of the molecule is CC1COCCN1c1nc(-c2cnc(N)nc2C(F)F)nc(N2CCN(C(=O)CCOC3CCCNC3)CC2)n1.Cl. The first-order valence-electron chi connectivity index (χ1n) is 13.8. The van der Waals surface area contributed by atoms with Crippen LogP contribution in [0.2, 0.25) is 0 Å². The van der Waals surface area contributed by atoms with Crippen molar-refractivity contribution in [3.63, 3.8) is 0 Å². The second kappa shape index (κ2) is 14.2. The summed E-state index contributed by atoms with van der Waals surface area (Å²) in [6.45, 7) is 7.71. The van der Waals surface area contributed by atoms with Gasteiger partial charge in [-0.3, -0.25) is 4.79 Å². The third-order valence-electron chi connectivity index (χ3n) is 7.36. The molecule has 2 aromatic rings. The molecule has 3 N–H and O–H groups in total. The van der Waals surface area contributed by atoms with Crippen LogP contribution in [0.3, 0.4) is 0 Å². The number of carbonyl (C=O) groups is 1. The molecule has 0 aromatic carbocycles. The average molecular weight is 599 g/mol. The number of alkyl halides is 2. The van der Waals surface area contributed by atoms with Crippen LogP contribution in [0.25, 0.3) is 11.4 Å². The van der Waals surface area contributed by atoms with Crippen LogP contribution in [-0.4, -0.2) is 114 Å². The summed E-state index contributed by atoms with van der Waals surface area (Å²) in [6, 6.07) is -0.0184. The van der Waals surface area contributed by atoms with Gasteiger partial charge in [0.25, 0.3) is 6.43 Å². The molecule has 1 amide bonds. The van der Waals surface area contributed by atoms with Gasteiger partial charge in [0.1, 0.15) is 5.69 Å². The second-order valence-corrected chi connectivity index (χ2v) is 10.2. The van der Waals surface area contributed by atoms with Gasteiger partial charge in [-0.15, -0.1) is 12.4 Å². The predicted molar refractivity (Wildman–Crippen MR) is 150 cm³/mol. The minimum Gasteiger partial charge on any atom is -0.377 e. The van der Waals surface area contributed by atoms with Crippen LogP contribution in [0.4, 0.5) is 26.6 Å². The molecule has 3 fully saturated rings. The Kier molecular flexibility index (Phi) is 10.8. The van der Waals surface area contributed by atoms with Gasteiger partial charge in [-0.1, -0.05) is 0 Å². The van der Waals surface area contributed by atoms with Crippen molar-refractivity contribution >= 4 is 36.2 Å². The van der Waals surface area contributed by atoms with E-state index in [2.05, 4.69) is 25.3 Å². The van der Waals surface area contributed by atoms with Crippen molar-refractivity contribution in [2.75, 3.05) is 81.2 Å². The first-order valence-corrected chi connectivity index (χ1v) is 13.8. The molecular formula is C25H37ClF2N10O3. The van der Waals surface area contributed by atoms with Crippen LogP contribution >= 0.6 is 12.4 Å². The van der Waals surface area contributed by atoms with Gasteiger partial charge in [0.05, 0.1) is 44.0 Å². The number of aromatic nitrogens is 5. The van der Waals surface area contributed by atoms with Gasteiger partial charge in [0.2, 0.25) is 23.8 Å². The summed E-state index contributed by atoms with van der Waals surface area (Å²) in [4.78, 5) is 40.0. The fourth-order valence-corrected chi connectivity index (χ4v) is 5.11. The van der Waals surface area contributed by atoms with Gasteiger partial charge < -0.3 is 35.2 Å². The fraction of sp³-hybridized carbons (Fsp3) is 0.680. The van der Waals surface area contributed by atoms with Gasteiger partial charge in [0.15, 0.2) is 5.82 Å². The van der Waals surface area contributed by atoms with Crippen LogP contribution in [0, 0.1) is 0 Å². The van der Waals surface area contributed by atoms with E-state index in [0.717, 1.165) is 25.9 Å². The Morgan fingerprint density at radius 1 is 1.17 bits per heavy atom. The highest BCUT2D eigenvalue weighted by molar-refractivity contribution is 5.85. The maximum absolute atomic E-state index is 13.9. The molecule has 226 valence electrons. The fourth-order valence-electron chi connectivity index (χ4n) is 5.11. The minimum absolute atomic E-state index is 0. The number of piperidine rings is 1. The Hall–Kier alpha value is -3.01. The molecule has 3 saturated heterocycles. The molecule has 0 bridgehead atoms. The Morgan fingerprint density at radius 2 is 1.95 bits per heavy atom. The minimum atomic E-state index is -2.89. The van der Waals surface area contributed by atoms with Gasteiger partial charge >= 0.3 is 0 Å². The number of piperazine rings is 1. The van der Waals surface area contributed by atoms with Crippen molar-refractivity contribution in [1.29, 1.82) is 0 Å². The van der Waals surface area contributed by atoms with E-state index in [1.165, 1.54) is 6.20 Å². The number of hydrogen-bond acceptors (Lipinski definition) is 12. The third-order valence-corrected chi connectivity index (χ3v) is 7.36. The number of halogens is 3. The standard InChI is InChI=1S/C25H36F2N10O3.ClH/c1-16-15-39-12-10-37(16)25-33-22(18-14-30-23(28)31-20(18)21(26)27)32-24(34-25)36-8-6-35(7-9-36)19(38)4-11-40-17-3-2-5-29-13-17;/h14,16-17,21,29H,2-13,15H2,1H3,(H2,28,30,31);1H. The molecule has 13 nitrogen and oxygen atoms in total. The highest BCUT2D eigenvalue weighted by Crippen LogP contribution is 2.30. The van der Waals surface area contributed by atoms with Crippen molar-refractivity contribution in [2.45, 2.75) is 44.8 Å². The van der Waals surface area contributed by atoms with Crippen LogP contribution in [0.15, 0.2) is 6.20 Å². The summed E-state index contributed by atoms with van der Waals surface area (Å²) in [6.07, 6.45) is 0.924. The summed E-state index contributed by atoms with van der Waals surface area (Å²) < 4.78 is 39.2. The van der Waals surface area contributed by atoms with Gasteiger partial charge in [-0.05, 0) is 26.3 Å². The monoisotopic (exact) mass is 598 g/mol. The molecule has 0 spiro atoms. The Morgan fingerprint density at radius 3 is 2.66 bits per heavy atom. The molecule has 3 aliphatic heterocycles. The Labute approximate surface area is 243 Å². The first-order chi connectivity index (χ1) is 19.4. The number of nitrogens with two attached hydrogens (primary N) is 1. The number of morpholine rings is 1. The first kappa shape index (κ1) is 30.9. The topological polar surface area (TPSA) is 148 Å². The predicted octanol–water partition coefficient (Wildman–Crippen LogP) is 1.30. The van der Waals surface area contributed by atoms with E-state index in [4.69, 9.17) is 20.2 Å². The molecule has 16 heteroatoms. The number of hydrogen-bond donors (Lipinski definition) is 2. The van der Waals surface area contributed by atoms with Crippen LogP contribution in [0.1, 0.15) is 38.3 Å². The molecule has 41 heavy (non-hydrogen) atoms. The number of rotatable bonds is 8. The third kappa shape index (κ3) is 7.64. The number of nitrogens with one attached hydrogen (secondary N) is 1. The molecule has 5 rings (SSSR count). The summed E-state index contributed by atoms with van der Waals surface area (Å²) >= 11 is 0. The van der Waals surface area contributed by atoms with E-state index in [9.17, 15) is 13.6 Å². The highest BCUT2D eigenvalue weighted by atomic mass is 35.5. The zero-order chi connectivity index (χ0) is 28.1. The molecular weight excluding hydrogens is 562 g/mol. The summed E-state index contributed by atoms with van der Waals surface area (Å²) in [5, 5.41) is 3.31. The molecule has 0 radical (unpaired) electrons. The van der Waals surface area contributed by atoms with Crippen molar-refractivity contribution in [1.82, 2.24) is 35.1 Å². The molecule has 0 aliphatic carbocycles. The lowest BCUT2D eigenvalue weighted by Crippen LogP contribution is -2.50. The van der Waals surface area contributed by atoms with Gasteiger partial charge in [-0.2, -0.15) is 15.0 Å². The van der Waals surface area contributed by atoms with Crippen LogP contribution in [-0.2, 0) is 14.3 Å². The highest BCUT2D eigenvalue weighted by Gasteiger charge is 2.29. The average Bonchev–Trinajstić information content (AvgIpc) is 2.97. The lowest BCUT2D eigenvalue weighted by atomic mass is 10.1. The number of nitrogens with zero attached hydrogens (tertiary/aromatic N) is 8. The summed E-state index contributed by atoms with van der Waals surface area (Å²) in [5.41, 5.74) is 5.04. The summed E-state index contributed by atoms with van der Waals surface area (Å²) in [7, 11) is 0. The smallest absolute Gasteiger partial charge is 0.281 e. The van der Waals surface area contributed by atoms with Crippen LogP contribution < -0.4 is 20.9 Å². The number of anilines is 3. The van der Waals surface area contributed by atoms with E-state index in [1.54, 1.807) is 0 Å². The van der Waals surface area contributed by atoms with Gasteiger partial charge in [-0.25, -0.2) is 18.7 Å². The van der Waals surface area contributed by atoms with E-state index in [1.807, 2.05) is 21.6 Å². The number of ether oxygens (including phenoxy) is 2. The molecule has 2 aromatic heterocycles. The maximum Gasteiger partial charge on any atom is 0.281 e. The van der Waals surface area contributed by atoms with E-state index in [-0.39, 0.29) is 47.8 Å². The lowest BCUT2D eigenvalue weighted by Gasteiger charge is -2.36. The number of nitrogen functional groups attached to an aromatic ring is 1. The largest absolute Gasteiger partial charge is 0.377 e. The van der Waals surface area contributed by atoms with Crippen molar-refractivity contribution in [2.24, 2.45) is 0 Å². The zero-order valence-electron chi connectivity index (χ0n) is 23.0. The van der Waals surface area contributed by atoms with E-state index in [0.29, 0.717) is 70.9 Å². The zero-order valence-corrected chi connectivity index (χ0v) is 23.9. The van der Waals surface area contributed by atoms with E-state index < -0.39 is 12.1 Å².